The van der Waals surface area contributed by atoms with Crippen molar-refractivity contribution in [3.8, 4) is 0 Å². The average molecular weight is 402 g/mol. The molecule has 0 aliphatic carbocycles. The number of aromatic nitrogens is 1. The molecule has 1 aliphatic heterocycles. The molecule has 9 nitrogen and oxygen atoms in total. The van der Waals surface area contributed by atoms with Crippen LogP contribution in [0, 0.1) is 0 Å². The molecule has 9 heteroatoms. The highest BCUT2D eigenvalue weighted by molar-refractivity contribution is 5.92. The van der Waals surface area contributed by atoms with Crippen LogP contribution in [0.1, 0.15) is 22.1 Å². The van der Waals surface area contributed by atoms with Crippen molar-refractivity contribution < 1.29 is 33.8 Å². The Labute approximate surface area is 167 Å². The Morgan fingerprint density at radius 3 is 2.55 bits per heavy atom. The van der Waals surface area contributed by atoms with Gasteiger partial charge in [-0.15, -0.1) is 0 Å². The van der Waals surface area contributed by atoms with E-state index in [0.29, 0.717) is 6.42 Å². The second-order valence-corrected chi connectivity index (χ2v) is 6.88. The van der Waals surface area contributed by atoms with E-state index in [4.69, 9.17) is 20.9 Å². The molecule has 2 aromatic rings. The topological polar surface area (TPSA) is 149 Å². The van der Waals surface area contributed by atoms with Gasteiger partial charge in [-0.1, -0.05) is 30.3 Å². The molecule has 1 aromatic carbocycles. The Morgan fingerprint density at radius 1 is 1.14 bits per heavy atom. The molecule has 2 heterocycles. The minimum Gasteiger partial charge on any atom is -0.462 e. The molecule has 1 amide bonds. The highest BCUT2D eigenvalue weighted by Gasteiger charge is 2.48. The zero-order valence-corrected chi connectivity index (χ0v) is 15.6. The van der Waals surface area contributed by atoms with Gasteiger partial charge < -0.3 is 31.2 Å². The number of nitrogens with two attached hydrogens (primary N) is 2. The van der Waals surface area contributed by atoms with Gasteiger partial charge >= 0.3 is 5.97 Å². The van der Waals surface area contributed by atoms with Crippen molar-refractivity contribution in [2.24, 2.45) is 11.5 Å². The first kappa shape index (κ1) is 20.9. The number of hydrogen-bond acceptors (Lipinski definition) is 7. The second-order valence-electron chi connectivity index (χ2n) is 6.88. The largest absolute Gasteiger partial charge is 0.462 e. The van der Waals surface area contributed by atoms with E-state index >= 15 is 0 Å². The summed E-state index contributed by atoms with van der Waals surface area (Å²) < 4.78 is 12.3. The molecule has 0 radical (unpaired) electrons. The number of aliphatic hydroxyl groups excluding tert-OH is 2. The molecule has 3 rings (SSSR count). The van der Waals surface area contributed by atoms with Crippen LogP contribution in [-0.4, -0.2) is 53.1 Å². The van der Waals surface area contributed by atoms with Gasteiger partial charge in [0.15, 0.2) is 18.5 Å². The Kier molecular flexibility index (Phi) is 6.55. The molecule has 6 N–H and O–H groups in total. The summed E-state index contributed by atoms with van der Waals surface area (Å²) in [7, 11) is 0. The monoisotopic (exact) mass is 402 g/mol. The van der Waals surface area contributed by atoms with Crippen molar-refractivity contribution in [1.82, 2.24) is 0 Å². The number of amides is 1. The predicted octanol–water partition coefficient (Wildman–Crippen LogP) is -1.19. The van der Waals surface area contributed by atoms with Crippen molar-refractivity contribution in [2.45, 2.75) is 37.0 Å². The summed E-state index contributed by atoms with van der Waals surface area (Å²) in [4.78, 5) is 23.5. The zero-order valence-electron chi connectivity index (χ0n) is 15.6. The summed E-state index contributed by atoms with van der Waals surface area (Å²) in [5.74, 6) is -1.27. The van der Waals surface area contributed by atoms with Gasteiger partial charge in [0.1, 0.15) is 30.4 Å². The van der Waals surface area contributed by atoms with Crippen LogP contribution in [-0.2, 0) is 20.7 Å². The van der Waals surface area contributed by atoms with Gasteiger partial charge in [-0.25, -0.2) is 0 Å². The molecular formula is C20H24N3O6+. The summed E-state index contributed by atoms with van der Waals surface area (Å²) in [6.07, 6.45) is -1.20. The minimum absolute atomic E-state index is 0.222. The Balaban J connectivity index is 1.58. The maximum absolute atomic E-state index is 12.2. The van der Waals surface area contributed by atoms with Crippen LogP contribution in [0.4, 0.5) is 0 Å². The number of carbonyl (C=O) groups is 2. The number of hydrogen-bond donors (Lipinski definition) is 4. The third-order valence-electron chi connectivity index (χ3n) is 4.73. The van der Waals surface area contributed by atoms with Crippen LogP contribution >= 0.6 is 0 Å². The maximum Gasteiger partial charge on any atom is 0.323 e. The standard InChI is InChI=1S/C20H23N3O6/c21-14(9-12-5-2-1-3-6-12)20(27)28-11-15-16(24)17(25)19(29-15)23-8-4-7-13(10-23)18(22)26/h1-8,10,14-17,19,24-25H,9,11,21H2,(H-,22,26)/p+1/t14-,15+,16+,17+,19+/m0/s1. The highest BCUT2D eigenvalue weighted by Crippen LogP contribution is 2.25. The molecule has 0 bridgehead atoms. The average Bonchev–Trinajstić information content (AvgIpc) is 3.01. The summed E-state index contributed by atoms with van der Waals surface area (Å²) >= 11 is 0. The lowest BCUT2D eigenvalue weighted by molar-refractivity contribution is -0.765. The fourth-order valence-electron chi connectivity index (χ4n) is 3.13. The predicted molar refractivity (Wildman–Crippen MR) is 100 cm³/mol. The molecule has 0 saturated carbocycles. The number of pyridine rings is 1. The van der Waals surface area contributed by atoms with Gasteiger partial charge in [0.05, 0.1) is 0 Å². The van der Waals surface area contributed by atoms with Crippen LogP contribution in [0.15, 0.2) is 54.9 Å². The number of primary amides is 1. The van der Waals surface area contributed by atoms with Crippen LogP contribution in [0.5, 0.6) is 0 Å². The van der Waals surface area contributed by atoms with Crippen molar-refractivity contribution in [2.75, 3.05) is 6.61 Å². The van der Waals surface area contributed by atoms with E-state index in [-0.39, 0.29) is 12.2 Å². The van der Waals surface area contributed by atoms with Gasteiger partial charge in [-0.2, -0.15) is 4.57 Å². The third kappa shape index (κ3) is 4.96. The Bertz CT molecular complexity index is 862. The quantitative estimate of drug-likeness (QED) is 0.336. The lowest BCUT2D eigenvalue weighted by Crippen LogP contribution is -2.46. The molecule has 0 spiro atoms. The molecule has 5 atom stereocenters. The van der Waals surface area contributed by atoms with Crippen molar-refractivity contribution in [3.05, 3.63) is 66.0 Å². The third-order valence-corrected chi connectivity index (χ3v) is 4.73. The van der Waals surface area contributed by atoms with E-state index in [0.717, 1.165) is 5.56 Å². The molecule has 0 unspecified atom stereocenters. The second kappa shape index (κ2) is 9.10. The number of benzene rings is 1. The van der Waals surface area contributed by atoms with Crippen LogP contribution in [0.2, 0.25) is 0 Å². The molecule has 29 heavy (non-hydrogen) atoms. The molecule has 1 aliphatic rings. The number of carbonyl (C=O) groups excluding carboxylic acids is 2. The van der Waals surface area contributed by atoms with E-state index in [1.807, 2.05) is 30.3 Å². The van der Waals surface area contributed by atoms with Gasteiger partial charge in [-0.3, -0.25) is 9.59 Å². The van der Waals surface area contributed by atoms with E-state index in [9.17, 15) is 19.8 Å². The minimum atomic E-state index is -1.29. The van der Waals surface area contributed by atoms with Crippen LogP contribution in [0.3, 0.4) is 0 Å². The molecule has 1 saturated heterocycles. The van der Waals surface area contributed by atoms with Crippen molar-refractivity contribution in [1.29, 1.82) is 0 Å². The zero-order chi connectivity index (χ0) is 21.0. The smallest absolute Gasteiger partial charge is 0.323 e. The van der Waals surface area contributed by atoms with Crippen molar-refractivity contribution in [3.63, 3.8) is 0 Å². The summed E-state index contributed by atoms with van der Waals surface area (Å²) in [6.45, 7) is -0.272. The van der Waals surface area contributed by atoms with Gasteiger partial charge in [0.25, 0.3) is 12.1 Å². The molecular weight excluding hydrogens is 378 g/mol. The normalized spacial score (nSPS) is 24.8. The number of aliphatic hydroxyl groups is 2. The fourth-order valence-corrected chi connectivity index (χ4v) is 3.13. The Morgan fingerprint density at radius 2 is 1.86 bits per heavy atom. The van der Waals surface area contributed by atoms with Gasteiger partial charge in [0, 0.05) is 6.07 Å². The lowest BCUT2D eigenvalue weighted by atomic mass is 10.1. The molecule has 1 fully saturated rings. The van der Waals surface area contributed by atoms with Crippen molar-refractivity contribution >= 4 is 11.9 Å². The summed E-state index contributed by atoms with van der Waals surface area (Å²) in [6, 6.07) is 11.5. The molecule has 1 aromatic heterocycles. The lowest BCUT2D eigenvalue weighted by Gasteiger charge is -2.16. The van der Waals surface area contributed by atoms with Crippen LogP contribution < -0.4 is 16.0 Å². The van der Waals surface area contributed by atoms with E-state index in [1.165, 1.54) is 16.8 Å². The summed E-state index contributed by atoms with van der Waals surface area (Å²) in [5, 5.41) is 20.6. The first-order chi connectivity index (χ1) is 13.9. The fraction of sp³-hybridized carbons (Fsp3) is 0.350. The number of ether oxygens (including phenoxy) is 2. The van der Waals surface area contributed by atoms with E-state index < -0.39 is 42.5 Å². The SMILES string of the molecule is NC(=O)c1ccc[n+]([C@@H]2O[C@H](COC(=O)[C@@H](N)Cc3ccccc3)[C@@H](O)[C@H]2O)c1. The first-order valence-corrected chi connectivity index (χ1v) is 9.15. The summed E-state index contributed by atoms with van der Waals surface area (Å²) in [5.41, 5.74) is 12.3. The van der Waals surface area contributed by atoms with Gasteiger partial charge in [-0.05, 0) is 18.1 Å². The van der Waals surface area contributed by atoms with E-state index in [1.54, 1.807) is 12.3 Å². The maximum atomic E-state index is 12.2. The number of rotatable bonds is 7. The molecule has 154 valence electrons. The Hall–Kier alpha value is -2.85. The number of esters is 1. The van der Waals surface area contributed by atoms with Gasteiger partial charge in [0.2, 0.25) is 0 Å². The number of nitrogens with zero attached hydrogens (tertiary/aromatic N) is 1. The first-order valence-electron chi connectivity index (χ1n) is 9.15. The highest BCUT2D eigenvalue weighted by atomic mass is 16.6. The van der Waals surface area contributed by atoms with E-state index in [2.05, 4.69) is 0 Å². The van der Waals surface area contributed by atoms with Crippen LogP contribution in [0.25, 0.3) is 0 Å².